The first kappa shape index (κ1) is 44.7. The lowest BCUT2D eigenvalue weighted by Crippen LogP contribution is -2.60. The van der Waals surface area contributed by atoms with Crippen molar-refractivity contribution in [2.75, 3.05) is 26.7 Å². The van der Waals surface area contributed by atoms with Gasteiger partial charge in [-0.15, -0.1) is 0 Å². The zero-order valence-electron chi connectivity index (χ0n) is 35.1. The van der Waals surface area contributed by atoms with Crippen LogP contribution in [0.5, 0.6) is 0 Å². The molecular weight excluding hydrogens is 723 g/mol. The number of hydrogen-bond donors (Lipinski definition) is 4. The highest BCUT2D eigenvalue weighted by Gasteiger charge is 2.41. The molecule has 310 valence electrons. The van der Waals surface area contributed by atoms with E-state index in [2.05, 4.69) is 34.9 Å². The molecule has 5 amide bonds. The highest BCUT2D eigenvalue weighted by atomic mass is 16.5. The third-order valence-electron chi connectivity index (χ3n) is 10.6. The number of nitrogens with zero attached hydrogens (tertiary/aromatic N) is 4. The zero-order valence-corrected chi connectivity index (χ0v) is 35.1. The lowest BCUT2D eigenvalue weighted by Gasteiger charge is -2.36. The largest absolute Gasteiger partial charge is 0.453 e. The number of aliphatic hydroxyl groups excluding tert-OH is 1. The van der Waals surface area contributed by atoms with Crippen LogP contribution in [0.1, 0.15) is 88.9 Å². The van der Waals surface area contributed by atoms with E-state index in [9.17, 15) is 24.3 Å². The smallest absolute Gasteiger partial charge is 0.407 e. The number of methoxy groups -OCH3 is 1. The van der Waals surface area contributed by atoms with Crippen LogP contribution in [0.3, 0.4) is 0 Å². The summed E-state index contributed by atoms with van der Waals surface area (Å²) in [5, 5.41) is 19.5. The molecule has 13 nitrogen and oxygen atoms in total. The number of hydrogen-bond acceptors (Lipinski definition) is 8. The molecule has 0 radical (unpaired) electrons. The second kappa shape index (κ2) is 20.4. The van der Waals surface area contributed by atoms with Crippen molar-refractivity contribution in [2.24, 2.45) is 11.3 Å². The molecule has 0 saturated carbocycles. The third-order valence-corrected chi connectivity index (χ3v) is 10.6. The molecule has 57 heavy (non-hydrogen) atoms. The van der Waals surface area contributed by atoms with Gasteiger partial charge in [0.15, 0.2) is 0 Å². The summed E-state index contributed by atoms with van der Waals surface area (Å²) in [6.45, 7) is 16.9. The summed E-state index contributed by atoms with van der Waals surface area (Å²) in [5.41, 5.74) is 6.87. The van der Waals surface area contributed by atoms with Crippen molar-refractivity contribution in [1.82, 2.24) is 35.9 Å². The predicted octanol–water partition coefficient (Wildman–Crippen LogP) is 5.56. The Labute approximate surface area is 338 Å². The number of amides is 5. The normalized spacial score (nSPS) is 15.9. The van der Waals surface area contributed by atoms with Crippen molar-refractivity contribution < 1.29 is 29.0 Å². The number of aryl methyl sites for hydroxylation is 1. The molecule has 1 aliphatic heterocycles. The second-order valence-electron chi connectivity index (χ2n) is 16.6. The first-order valence-corrected chi connectivity index (χ1v) is 20.0. The molecule has 0 bridgehead atoms. The average Bonchev–Trinajstić information content (AvgIpc) is 3.51. The van der Waals surface area contributed by atoms with Gasteiger partial charge < -0.3 is 30.3 Å². The first-order valence-electron chi connectivity index (χ1n) is 20.0. The van der Waals surface area contributed by atoms with Gasteiger partial charge in [0.1, 0.15) is 12.1 Å². The minimum atomic E-state index is -1.18. The lowest BCUT2D eigenvalue weighted by atomic mass is 9.86. The molecule has 4 rings (SSSR count). The summed E-state index contributed by atoms with van der Waals surface area (Å²) >= 11 is 0. The Hall–Kier alpha value is -5.01. The number of alkyl carbamates (subject to hydrolysis) is 1. The Bertz CT molecular complexity index is 1780. The van der Waals surface area contributed by atoms with E-state index in [1.807, 2.05) is 114 Å². The fraction of sp³-hybridized carbons (Fsp3) is 0.523. The molecular formula is C44H63N7O6. The van der Waals surface area contributed by atoms with E-state index in [1.165, 1.54) is 7.11 Å². The second-order valence-corrected chi connectivity index (χ2v) is 16.6. The van der Waals surface area contributed by atoms with Crippen LogP contribution < -0.4 is 16.1 Å². The Morgan fingerprint density at radius 3 is 2.19 bits per heavy atom. The maximum atomic E-state index is 14.5. The number of rotatable bonds is 18. The standard InChI is InChI=1S/C44H63N7O6/c1-10-30(4)38(51-24-23-49(43(51)56)27-35-18-14-15-31(5)45-35)40(53)46-36(25-32-16-12-11-13-17-32)37(52)28-50(26-33-19-21-34(22-20-33)29(2)3)48-41(54)39(44(6,7)8)47-42(55)57-9/h11-22,29-30,36-39,52H,10,23-28H2,1-9H3,(H,46,53)(H,47,55)(H,48,54). The van der Waals surface area contributed by atoms with Gasteiger partial charge in [-0.2, -0.15) is 0 Å². The van der Waals surface area contributed by atoms with Gasteiger partial charge in [0.25, 0.3) is 5.91 Å². The summed E-state index contributed by atoms with van der Waals surface area (Å²) in [7, 11) is 1.24. The van der Waals surface area contributed by atoms with Crippen molar-refractivity contribution in [1.29, 1.82) is 0 Å². The van der Waals surface area contributed by atoms with Crippen LogP contribution in [0.4, 0.5) is 9.59 Å². The van der Waals surface area contributed by atoms with Crippen molar-refractivity contribution >= 4 is 23.9 Å². The van der Waals surface area contributed by atoms with E-state index in [1.54, 1.807) is 14.8 Å². The molecule has 1 saturated heterocycles. The minimum absolute atomic E-state index is 0.0710. The topological polar surface area (TPSA) is 156 Å². The number of ether oxygens (including phenoxy) is 1. The number of aliphatic hydroxyl groups is 1. The SMILES string of the molecule is CCC(C)C(C(=O)NC(Cc1ccccc1)C(O)CN(Cc1ccc(C(C)C)cc1)NC(=O)C(NC(=O)OC)C(C)(C)C)N1CCN(Cc2cccc(C)n2)C1=O. The van der Waals surface area contributed by atoms with Crippen LogP contribution in [0.15, 0.2) is 72.8 Å². The number of hydrazine groups is 1. The molecule has 2 aromatic carbocycles. The maximum absolute atomic E-state index is 14.5. The summed E-state index contributed by atoms with van der Waals surface area (Å²) in [6, 6.07) is 20.6. The van der Waals surface area contributed by atoms with Crippen LogP contribution in [0.25, 0.3) is 0 Å². The Balaban J connectivity index is 1.62. The van der Waals surface area contributed by atoms with Crippen molar-refractivity contribution in [3.05, 3.63) is 101 Å². The molecule has 4 N–H and O–H groups in total. The molecule has 1 aromatic heterocycles. The fourth-order valence-electron chi connectivity index (χ4n) is 7.04. The van der Waals surface area contributed by atoms with E-state index in [0.717, 1.165) is 28.1 Å². The van der Waals surface area contributed by atoms with Crippen molar-refractivity contribution in [2.45, 2.75) is 111 Å². The van der Waals surface area contributed by atoms with Crippen LogP contribution in [-0.2, 0) is 33.8 Å². The number of benzene rings is 2. The molecule has 3 aromatic rings. The number of urea groups is 1. The zero-order chi connectivity index (χ0) is 41.9. The molecule has 0 aliphatic carbocycles. The number of pyridine rings is 1. The van der Waals surface area contributed by atoms with Gasteiger partial charge in [0.05, 0.1) is 31.5 Å². The van der Waals surface area contributed by atoms with E-state index < -0.39 is 41.6 Å². The third kappa shape index (κ3) is 12.7. The monoisotopic (exact) mass is 785 g/mol. The summed E-state index contributed by atoms with van der Waals surface area (Å²) in [4.78, 5) is 62.5. The minimum Gasteiger partial charge on any atom is -0.453 e. The number of carbonyl (C=O) groups is 4. The van der Waals surface area contributed by atoms with Gasteiger partial charge in [0, 0.05) is 31.9 Å². The predicted molar refractivity (Wildman–Crippen MR) is 221 cm³/mol. The van der Waals surface area contributed by atoms with Crippen LogP contribution >= 0.6 is 0 Å². The number of carbonyl (C=O) groups excluding carboxylic acids is 4. The highest BCUT2D eigenvalue weighted by Crippen LogP contribution is 2.24. The van der Waals surface area contributed by atoms with E-state index in [4.69, 9.17) is 4.74 Å². The molecule has 1 aliphatic rings. The summed E-state index contributed by atoms with van der Waals surface area (Å²) < 4.78 is 4.82. The van der Waals surface area contributed by atoms with E-state index in [0.29, 0.717) is 38.4 Å². The quantitative estimate of drug-likeness (QED) is 0.122. The van der Waals surface area contributed by atoms with Gasteiger partial charge in [-0.3, -0.25) is 20.0 Å². The molecule has 13 heteroatoms. The van der Waals surface area contributed by atoms with Crippen LogP contribution in [0.2, 0.25) is 0 Å². The maximum Gasteiger partial charge on any atom is 0.407 e. The van der Waals surface area contributed by atoms with E-state index in [-0.39, 0.29) is 30.9 Å². The van der Waals surface area contributed by atoms with Gasteiger partial charge in [-0.25, -0.2) is 14.6 Å². The van der Waals surface area contributed by atoms with Gasteiger partial charge in [-0.1, -0.05) is 116 Å². The molecule has 5 unspecified atom stereocenters. The highest BCUT2D eigenvalue weighted by molar-refractivity contribution is 5.88. The van der Waals surface area contributed by atoms with Gasteiger partial charge in [-0.05, 0) is 59.4 Å². The van der Waals surface area contributed by atoms with E-state index >= 15 is 0 Å². The molecule has 1 fully saturated rings. The molecule has 5 atom stereocenters. The van der Waals surface area contributed by atoms with Gasteiger partial charge in [0.2, 0.25) is 5.91 Å². The Morgan fingerprint density at radius 2 is 1.60 bits per heavy atom. The molecule has 0 spiro atoms. The molecule has 2 heterocycles. The summed E-state index contributed by atoms with van der Waals surface area (Å²) in [5.74, 6) is -0.693. The van der Waals surface area contributed by atoms with Crippen LogP contribution in [-0.4, -0.2) is 99.8 Å². The first-order chi connectivity index (χ1) is 27.0. The average molecular weight is 786 g/mol. The fourth-order valence-corrected chi connectivity index (χ4v) is 7.04. The number of nitrogens with one attached hydrogen (secondary N) is 3. The van der Waals surface area contributed by atoms with Gasteiger partial charge >= 0.3 is 12.1 Å². The van der Waals surface area contributed by atoms with Crippen molar-refractivity contribution in [3.63, 3.8) is 0 Å². The Morgan fingerprint density at radius 1 is 0.912 bits per heavy atom. The Kier molecular flexibility index (Phi) is 16.0. The van der Waals surface area contributed by atoms with Crippen molar-refractivity contribution in [3.8, 4) is 0 Å². The lowest BCUT2D eigenvalue weighted by molar-refractivity contribution is -0.132. The van der Waals surface area contributed by atoms with Crippen LogP contribution in [0, 0.1) is 18.3 Å². The summed E-state index contributed by atoms with van der Waals surface area (Å²) in [6.07, 6.45) is -0.980. The number of aromatic nitrogens is 1.